The van der Waals surface area contributed by atoms with Gasteiger partial charge in [0, 0.05) is 13.1 Å². The molecular formula is C14H15BrFNO3. The van der Waals surface area contributed by atoms with Crippen molar-refractivity contribution in [2.75, 3.05) is 13.1 Å². The summed E-state index contributed by atoms with van der Waals surface area (Å²) in [6.07, 6.45) is 1.10. The van der Waals surface area contributed by atoms with Gasteiger partial charge in [0.1, 0.15) is 5.82 Å². The van der Waals surface area contributed by atoms with Gasteiger partial charge in [0.2, 0.25) is 5.91 Å². The largest absolute Gasteiger partial charge is 0.481 e. The zero-order chi connectivity index (χ0) is 14.7. The number of piperidine rings is 1. The number of nitrogens with zero attached hydrogens (tertiary/aromatic N) is 1. The van der Waals surface area contributed by atoms with E-state index in [0.717, 1.165) is 0 Å². The SMILES string of the molecule is O=C(O)C1CCN(C(=O)Cc2ccc(Br)c(F)c2)CC1. The molecule has 108 valence electrons. The second-order valence-electron chi connectivity index (χ2n) is 4.92. The van der Waals surface area contributed by atoms with Crippen molar-refractivity contribution in [2.24, 2.45) is 5.92 Å². The lowest BCUT2D eigenvalue weighted by molar-refractivity contribution is -0.145. The maximum atomic E-state index is 13.4. The van der Waals surface area contributed by atoms with Crippen molar-refractivity contribution in [1.82, 2.24) is 4.90 Å². The molecule has 0 radical (unpaired) electrons. The van der Waals surface area contributed by atoms with Crippen LogP contribution in [0.3, 0.4) is 0 Å². The van der Waals surface area contributed by atoms with Crippen LogP contribution in [0.4, 0.5) is 4.39 Å². The topological polar surface area (TPSA) is 57.6 Å². The van der Waals surface area contributed by atoms with Gasteiger partial charge in [0.05, 0.1) is 16.8 Å². The van der Waals surface area contributed by atoms with Crippen LogP contribution in [0.25, 0.3) is 0 Å². The molecule has 1 N–H and O–H groups in total. The van der Waals surface area contributed by atoms with Gasteiger partial charge in [-0.2, -0.15) is 0 Å². The molecule has 0 aliphatic carbocycles. The van der Waals surface area contributed by atoms with E-state index >= 15 is 0 Å². The number of carbonyl (C=O) groups excluding carboxylic acids is 1. The highest BCUT2D eigenvalue weighted by molar-refractivity contribution is 9.10. The molecular weight excluding hydrogens is 329 g/mol. The number of amides is 1. The van der Waals surface area contributed by atoms with Crippen molar-refractivity contribution >= 4 is 27.8 Å². The summed E-state index contributed by atoms with van der Waals surface area (Å²) < 4.78 is 13.7. The van der Waals surface area contributed by atoms with E-state index in [4.69, 9.17) is 5.11 Å². The van der Waals surface area contributed by atoms with Crippen molar-refractivity contribution in [1.29, 1.82) is 0 Å². The summed E-state index contributed by atoms with van der Waals surface area (Å²) in [5.74, 6) is -1.63. The molecule has 0 atom stereocenters. The first-order chi connectivity index (χ1) is 9.47. The van der Waals surface area contributed by atoms with Gasteiger partial charge < -0.3 is 10.0 Å². The van der Waals surface area contributed by atoms with E-state index in [1.165, 1.54) is 6.07 Å². The molecule has 0 bridgehead atoms. The average molecular weight is 344 g/mol. The molecule has 20 heavy (non-hydrogen) atoms. The van der Waals surface area contributed by atoms with Crippen LogP contribution in [-0.2, 0) is 16.0 Å². The van der Waals surface area contributed by atoms with Gasteiger partial charge in [-0.05, 0) is 46.5 Å². The van der Waals surface area contributed by atoms with Crippen LogP contribution in [0.5, 0.6) is 0 Å². The van der Waals surface area contributed by atoms with Crippen LogP contribution in [0, 0.1) is 11.7 Å². The lowest BCUT2D eigenvalue weighted by atomic mass is 9.96. The summed E-state index contributed by atoms with van der Waals surface area (Å²) in [7, 11) is 0. The molecule has 2 rings (SSSR count). The number of hydrogen-bond donors (Lipinski definition) is 1. The second kappa shape index (κ2) is 6.35. The first-order valence-electron chi connectivity index (χ1n) is 6.42. The Morgan fingerprint density at radius 2 is 2.00 bits per heavy atom. The zero-order valence-electron chi connectivity index (χ0n) is 10.8. The van der Waals surface area contributed by atoms with Gasteiger partial charge in [-0.3, -0.25) is 9.59 Å². The Labute approximate surface area is 124 Å². The molecule has 0 spiro atoms. The Hall–Kier alpha value is -1.43. The second-order valence-corrected chi connectivity index (χ2v) is 5.77. The minimum atomic E-state index is -0.799. The average Bonchev–Trinajstić information content (AvgIpc) is 2.43. The maximum Gasteiger partial charge on any atom is 0.306 e. The van der Waals surface area contributed by atoms with Crippen LogP contribution in [-0.4, -0.2) is 35.0 Å². The van der Waals surface area contributed by atoms with E-state index in [1.807, 2.05) is 0 Å². The fraction of sp³-hybridized carbons (Fsp3) is 0.429. The normalized spacial score (nSPS) is 16.2. The standard InChI is InChI=1S/C14H15BrFNO3/c15-11-2-1-9(7-12(11)16)8-13(18)17-5-3-10(4-6-17)14(19)20/h1-2,7,10H,3-6,8H2,(H,19,20). The van der Waals surface area contributed by atoms with Crippen LogP contribution in [0.1, 0.15) is 18.4 Å². The quantitative estimate of drug-likeness (QED) is 0.916. The zero-order valence-corrected chi connectivity index (χ0v) is 12.4. The highest BCUT2D eigenvalue weighted by atomic mass is 79.9. The summed E-state index contributed by atoms with van der Waals surface area (Å²) in [4.78, 5) is 24.6. The third-order valence-corrected chi connectivity index (χ3v) is 4.18. The minimum absolute atomic E-state index is 0.0874. The lowest BCUT2D eigenvalue weighted by Gasteiger charge is -2.30. The van der Waals surface area contributed by atoms with Gasteiger partial charge in [0.15, 0.2) is 0 Å². The van der Waals surface area contributed by atoms with Crippen molar-refractivity contribution in [3.63, 3.8) is 0 Å². The molecule has 6 heteroatoms. The predicted octanol–water partition coefficient (Wildman–Crippen LogP) is 2.45. The van der Waals surface area contributed by atoms with Crippen molar-refractivity contribution < 1.29 is 19.1 Å². The lowest BCUT2D eigenvalue weighted by Crippen LogP contribution is -2.41. The van der Waals surface area contributed by atoms with E-state index in [2.05, 4.69) is 15.9 Å². The number of carboxylic acids is 1. The van der Waals surface area contributed by atoms with Gasteiger partial charge in [-0.25, -0.2) is 4.39 Å². The van der Waals surface area contributed by atoms with Gasteiger partial charge >= 0.3 is 5.97 Å². The molecule has 1 aromatic rings. The molecule has 4 nitrogen and oxygen atoms in total. The molecule has 1 amide bonds. The van der Waals surface area contributed by atoms with E-state index in [0.29, 0.717) is 36.0 Å². The predicted molar refractivity (Wildman–Crippen MR) is 74.7 cm³/mol. The molecule has 1 aromatic carbocycles. The van der Waals surface area contributed by atoms with Crippen molar-refractivity contribution in [2.45, 2.75) is 19.3 Å². The smallest absolute Gasteiger partial charge is 0.306 e. The summed E-state index contributed by atoms with van der Waals surface area (Å²) in [6, 6.07) is 4.62. The first kappa shape index (κ1) is 15.0. The highest BCUT2D eigenvalue weighted by Crippen LogP contribution is 2.20. The minimum Gasteiger partial charge on any atom is -0.481 e. The summed E-state index contributed by atoms with van der Waals surface area (Å²) in [6.45, 7) is 0.906. The number of benzene rings is 1. The molecule has 0 saturated carbocycles. The van der Waals surface area contributed by atoms with Crippen LogP contribution < -0.4 is 0 Å². The van der Waals surface area contributed by atoms with E-state index in [1.54, 1.807) is 17.0 Å². The summed E-state index contributed by atoms with van der Waals surface area (Å²) in [5, 5.41) is 8.91. The van der Waals surface area contributed by atoms with Crippen LogP contribution >= 0.6 is 15.9 Å². The number of aliphatic carboxylic acids is 1. The Balaban J connectivity index is 1.92. The number of likely N-dealkylation sites (tertiary alicyclic amines) is 1. The van der Waals surface area contributed by atoms with Gasteiger partial charge in [-0.1, -0.05) is 6.07 Å². The molecule has 0 unspecified atom stereocenters. The maximum absolute atomic E-state index is 13.4. The first-order valence-corrected chi connectivity index (χ1v) is 7.21. The summed E-state index contributed by atoms with van der Waals surface area (Å²) in [5.41, 5.74) is 0.621. The number of rotatable bonds is 3. The third-order valence-electron chi connectivity index (χ3n) is 3.54. The third kappa shape index (κ3) is 3.56. The van der Waals surface area contributed by atoms with Crippen LogP contribution in [0.2, 0.25) is 0 Å². The Morgan fingerprint density at radius 1 is 1.35 bits per heavy atom. The van der Waals surface area contributed by atoms with E-state index < -0.39 is 5.97 Å². The Bertz CT molecular complexity index is 527. The van der Waals surface area contributed by atoms with E-state index in [-0.39, 0.29) is 24.1 Å². The molecule has 1 saturated heterocycles. The fourth-order valence-electron chi connectivity index (χ4n) is 2.31. The highest BCUT2D eigenvalue weighted by Gasteiger charge is 2.26. The Kier molecular flexibility index (Phi) is 4.75. The van der Waals surface area contributed by atoms with Crippen LogP contribution in [0.15, 0.2) is 22.7 Å². The van der Waals surface area contributed by atoms with Crippen molar-refractivity contribution in [3.05, 3.63) is 34.1 Å². The molecule has 0 aromatic heterocycles. The Morgan fingerprint density at radius 3 is 2.55 bits per heavy atom. The molecule has 1 aliphatic rings. The summed E-state index contributed by atoms with van der Waals surface area (Å²) >= 11 is 3.07. The molecule has 1 heterocycles. The number of hydrogen-bond acceptors (Lipinski definition) is 2. The van der Waals surface area contributed by atoms with Gasteiger partial charge in [-0.15, -0.1) is 0 Å². The molecule has 1 fully saturated rings. The van der Waals surface area contributed by atoms with E-state index in [9.17, 15) is 14.0 Å². The number of carbonyl (C=O) groups is 2. The number of carboxylic acid groups (broad SMARTS) is 1. The van der Waals surface area contributed by atoms with Crippen molar-refractivity contribution in [3.8, 4) is 0 Å². The monoisotopic (exact) mass is 343 g/mol. The van der Waals surface area contributed by atoms with Gasteiger partial charge in [0.25, 0.3) is 0 Å². The number of halogens is 2. The molecule has 1 aliphatic heterocycles. The fourth-order valence-corrected chi connectivity index (χ4v) is 2.56.